The molecule has 0 aromatic carbocycles. The zero-order chi connectivity index (χ0) is 16.1. The van der Waals surface area contributed by atoms with Gasteiger partial charge in [-0.05, 0) is 11.8 Å². The normalized spacial score (nSPS) is 19.2. The van der Waals surface area contributed by atoms with Crippen LogP contribution >= 0.6 is 35.7 Å². The van der Waals surface area contributed by atoms with Gasteiger partial charge in [-0.3, -0.25) is 4.99 Å². The van der Waals surface area contributed by atoms with Crippen molar-refractivity contribution in [3.05, 3.63) is 17.5 Å². The summed E-state index contributed by atoms with van der Waals surface area (Å²) in [6.07, 6.45) is 0. The summed E-state index contributed by atoms with van der Waals surface area (Å²) in [6, 6.07) is 2.02. The molecule has 1 saturated heterocycles. The summed E-state index contributed by atoms with van der Waals surface area (Å²) in [4.78, 5) is 6.77. The topological polar surface area (TPSA) is 53.7 Å². The summed E-state index contributed by atoms with van der Waals surface area (Å²) in [6.45, 7) is 11.5. The Labute approximate surface area is 161 Å². The minimum absolute atomic E-state index is 0. The van der Waals surface area contributed by atoms with Gasteiger partial charge in [-0.2, -0.15) is 11.8 Å². The van der Waals surface area contributed by atoms with Crippen molar-refractivity contribution in [1.29, 1.82) is 0 Å². The summed E-state index contributed by atoms with van der Waals surface area (Å²) in [7, 11) is 1.84. The predicted molar refractivity (Wildman–Crippen MR) is 109 cm³/mol. The summed E-state index contributed by atoms with van der Waals surface area (Å²) < 4.78 is 5.38. The van der Waals surface area contributed by atoms with Crippen molar-refractivity contribution in [1.82, 2.24) is 15.4 Å². The molecular weight excluding hydrogens is 423 g/mol. The first-order chi connectivity index (χ1) is 10.5. The van der Waals surface area contributed by atoms with Gasteiger partial charge in [-0.15, -0.1) is 24.0 Å². The molecule has 132 valence electrons. The van der Waals surface area contributed by atoms with Crippen LogP contribution in [0.2, 0.25) is 0 Å². The lowest BCUT2D eigenvalue weighted by atomic mass is 10.1. The van der Waals surface area contributed by atoms with E-state index in [2.05, 4.69) is 59.8 Å². The standard InChI is InChI=1S/C16H28N4OS.HI/c1-11(2)14-8-13(21-19-14)9-18-16(17-5)20-6-7-22-15(10-20)12(3)4;/h8,11-12,15H,6-7,9-10H2,1-5H3,(H,17,18);1H. The van der Waals surface area contributed by atoms with E-state index in [9.17, 15) is 0 Å². The van der Waals surface area contributed by atoms with Gasteiger partial charge in [0.1, 0.15) is 0 Å². The molecule has 1 fully saturated rings. The lowest BCUT2D eigenvalue weighted by Gasteiger charge is -2.36. The van der Waals surface area contributed by atoms with E-state index in [0.29, 0.717) is 23.6 Å². The molecule has 1 aliphatic heterocycles. The van der Waals surface area contributed by atoms with E-state index in [1.54, 1.807) is 0 Å². The predicted octanol–water partition coefficient (Wildman–Crippen LogP) is 3.56. The van der Waals surface area contributed by atoms with Crippen LogP contribution in [0.15, 0.2) is 15.6 Å². The number of halogens is 1. The van der Waals surface area contributed by atoms with Gasteiger partial charge >= 0.3 is 0 Å². The minimum Gasteiger partial charge on any atom is -0.359 e. The van der Waals surface area contributed by atoms with E-state index in [4.69, 9.17) is 4.52 Å². The highest BCUT2D eigenvalue weighted by Crippen LogP contribution is 2.24. The molecule has 2 heterocycles. The monoisotopic (exact) mass is 452 g/mol. The Kier molecular flexibility index (Phi) is 8.74. The average molecular weight is 452 g/mol. The summed E-state index contributed by atoms with van der Waals surface area (Å²) in [5, 5.41) is 8.17. The highest BCUT2D eigenvalue weighted by molar-refractivity contribution is 14.0. The third kappa shape index (κ3) is 5.85. The van der Waals surface area contributed by atoms with Crippen LogP contribution in [0.25, 0.3) is 0 Å². The Bertz CT molecular complexity index is 504. The molecule has 0 spiro atoms. The van der Waals surface area contributed by atoms with Crippen molar-refractivity contribution in [2.45, 2.75) is 45.4 Å². The van der Waals surface area contributed by atoms with Crippen molar-refractivity contribution < 1.29 is 4.52 Å². The maximum absolute atomic E-state index is 5.38. The number of guanidine groups is 1. The van der Waals surface area contributed by atoms with Gasteiger partial charge in [0.25, 0.3) is 0 Å². The van der Waals surface area contributed by atoms with E-state index in [-0.39, 0.29) is 24.0 Å². The maximum atomic E-state index is 5.38. The van der Waals surface area contributed by atoms with E-state index < -0.39 is 0 Å². The third-order valence-corrected chi connectivity index (χ3v) is 5.48. The number of hydrogen-bond acceptors (Lipinski definition) is 4. The van der Waals surface area contributed by atoms with Crippen LogP contribution in [0, 0.1) is 5.92 Å². The lowest BCUT2D eigenvalue weighted by Crippen LogP contribution is -2.48. The maximum Gasteiger partial charge on any atom is 0.194 e. The second-order valence-electron chi connectivity index (χ2n) is 6.37. The first kappa shape index (κ1) is 20.6. The molecule has 1 aliphatic rings. The number of aliphatic imine (C=N–C) groups is 1. The number of rotatable bonds is 4. The third-order valence-electron chi connectivity index (χ3n) is 3.94. The van der Waals surface area contributed by atoms with Crippen LogP contribution in [-0.4, -0.2) is 47.2 Å². The van der Waals surface area contributed by atoms with Gasteiger partial charge in [0, 0.05) is 37.2 Å². The Morgan fingerprint density at radius 3 is 2.78 bits per heavy atom. The van der Waals surface area contributed by atoms with E-state index in [1.165, 1.54) is 0 Å². The molecule has 1 N–H and O–H groups in total. The zero-order valence-electron chi connectivity index (χ0n) is 14.7. The average Bonchev–Trinajstić information content (AvgIpc) is 2.97. The van der Waals surface area contributed by atoms with Gasteiger partial charge in [-0.1, -0.05) is 32.9 Å². The second-order valence-corrected chi connectivity index (χ2v) is 7.72. The number of hydrogen-bond donors (Lipinski definition) is 1. The molecule has 0 amide bonds. The van der Waals surface area contributed by atoms with E-state index >= 15 is 0 Å². The molecule has 0 aliphatic carbocycles. The fourth-order valence-electron chi connectivity index (χ4n) is 2.45. The molecule has 1 aromatic rings. The Hall–Kier alpha value is -0.440. The van der Waals surface area contributed by atoms with Crippen LogP contribution < -0.4 is 5.32 Å². The van der Waals surface area contributed by atoms with Crippen molar-refractivity contribution in [2.75, 3.05) is 25.9 Å². The molecule has 0 bridgehead atoms. The Morgan fingerprint density at radius 2 is 2.22 bits per heavy atom. The molecule has 0 saturated carbocycles. The van der Waals surface area contributed by atoms with Crippen molar-refractivity contribution in [2.24, 2.45) is 10.9 Å². The van der Waals surface area contributed by atoms with Crippen LogP contribution in [-0.2, 0) is 6.54 Å². The molecule has 1 atom stereocenters. The molecule has 7 heteroatoms. The van der Waals surface area contributed by atoms with Crippen LogP contribution in [0.4, 0.5) is 0 Å². The van der Waals surface area contributed by atoms with Crippen molar-refractivity contribution in [3.63, 3.8) is 0 Å². The highest BCUT2D eigenvalue weighted by atomic mass is 127. The largest absolute Gasteiger partial charge is 0.359 e. The van der Waals surface area contributed by atoms with Crippen LogP contribution in [0.1, 0.15) is 45.1 Å². The lowest BCUT2D eigenvalue weighted by molar-refractivity contribution is 0.359. The van der Waals surface area contributed by atoms with Crippen molar-refractivity contribution >= 4 is 41.7 Å². The number of thioether (sulfide) groups is 1. The zero-order valence-corrected chi connectivity index (χ0v) is 17.9. The molecule has 1 aromatic heterocycles. The fraction of sp³-hybridized carbons (Fsp3) is 0.750. The van der Waals surface area contributed by atoms with Gasteiger partial charge in [0.05, 0.1) is 12.2 Å². The van der Waals surface area contributed by atoms with Gasteiger partial charge < -0.3 is 14.7 Å². The number of nitrogens with zero attached hydrogens (tertiary/aromatic N) is 3. The van der Waals surface area contributed by atoms with Gasteiger partial charge in [0.15, 0.2) is 11.7 Å². The SMILES string of the molecule is CN=C(NCc1cc(C(C)C)no1)N1CCSC(C(C)C)C1.I. The first-order valence-corrected chi connectivity index (χ1v) is 9.08. The van der Waals surface area contributed by atoms with Crippen LogP contribution in [0.3, 0.4) is 0 Å². The second kappa shape index (κ2) is 9.76. The quantitative estimate of drug-likeness (QED) is 0.430. The minimum atomic E-state index is 0. The van der Waals surface area contributed by atoms with E-state index in [1.807, 2.05) is 13.1 Å². The number of aromatic nitrogens is 1. The van der Waals surface area contributed by atoms with Gasteiger partial charge in [0.2, 0.25) is 0 Å². The number of nitrogens with one attached hydrogen (secondary N) is 1. The van der Waals surface area contributed by atoms with Crippen LogP contribution in [0.5, 0.6) is 0 Å². The fourth-order valence-corrected chi connectivity index (χ4v) is 3.75. The molecule has 5 nitrogen and oxygen atoms in total. The molecular formula is C16H29IN4OS. The Balaban J connectivity index is 0.00000264. The molecule has 2 rings (SSSR count). The summed E-state index contributed by atoms with van der Waals surface area (Å²) in [5.74, 6) is 4.05. The molecule has 1 unspecified atom stereocenters. The smallest absolute Gasteiger partial charge is 0.194 e. The Morgan fingerprint density at radius 1 is 1.48 bits per heavy atom. The van der Waals surface area contributed by atoms with Gasteiger partial charge in [-0.25, -0.2) is 0 Å². The molecule has 23 heavy (non-hydrogen) atoms. The highest BCUT2D eigenvalue weighted by Gasteiger charge is 2.24. The summed E-state index contributed by atoms with van der Waals surface area (Å²) >= 11 is 2.07. The summed E-state index contributed by atoms with van der Waals surface area (Å²) in [5.41, 5.74) is 1.00. The van der Waals surface area contributed by atoms with E-state index in [0.717, 1.165) is 36.3 Å². The first-order valence-electron chi connectivity index (χ1n) is 8.04. The molecule has 0 radical (unpaired) electrons. The van der Waals surface area contributed by atoms with Crippen molar-refractivity contribution in [3.8, 4) is 0 Å².